The highest BCUT2D eigenvalue weighted by molar-refractivity contribution is 7.87. The lowest BCUT2D eigenvalue weighted by Crippen LogP contribution is -2.18. The maximum Gasteiger partial charge on any atom is 0.199 e. The molecule has 0 fully saturated rings. The summed E-state index contributed by atoms with van der Waals surface area (Å²) in [5, 5.41) is 0. The monoisotopic (exact) mass is 249 g/mol. The Balaban J connectivity index is 2.63. The molecule has 0 radical (unpaired) electrons. The van der Waals surface area contributed by atoms with Gasteiger partial charge in [-0.3, -0.25) is 8.63 Å². The topological polar surface area (TPSA) is 20.3 Å². The van der Waals surface area contributed by atoms with E-state index in [-0.39, 0.29) is 0 Å². The molecule has 0 saturated carbocycles. The van der Waals surface area contributed by atoms with Crippen LogP contribution in [-0.4, -0.2) is 9.04 Å². The lowest BCUT2D eigenvalue weighted by atomic mass is 10.1. The van der Waals surface area contributed by atoms with Crippen molar-refractivity contribution >= 4 is 39.9 Å². The smallest absolute Gasteiger partial charge is 0.199 e. The third-order valence-corrected chi connectivity index (χ3v) is 4.84. The van der Waals surface area contributed by atoms with E-state index in [1.165, 1.54) is 4.42 Å². The van der Waals surface area contributed by atoms with E-state index in [0.717, 1.165) is 22.6 Å². The van der Waals surface area contributed by atoms with Crippen molar-refractivity contribution in [3.8, 4) is 0 Å². The van der Waals surface area contributed by atoms with Gasteiger partial charge in [-0.05, 0) is 18.1 Å². The third kappa shape index (κ3) is 1.35. The fourth-order valence-corrected chi connectivity index (χ4v) is 3.52. The van der Waals surface area contributed by atoms with Crippen molar-refractivity contribution in [3.05, 3.63) is 23.8 Å². The fourth-order valence-electron chi connectivity index (χ4n) is 1.55. The molecule has 2 nitrogen and oxygen atoms in total. The van der Waals surface area contributed by atoms with E-state index in [9.17, 15) is 4.21 Å². The second-order valence-corrected chi connectivity index (χ2v) is 5.54. The van der Waals surface area contributed by atoms with E-state index in [1.807, 2.05) is 25.1 Å². The summed E-state index contributed by atoms with van der Waals surface area (Å²) >= 11 is 11.9. The molecule has 14 heavy (non-hydrogen) atoms. The second-order valence-electron chi connectivity index (χ2n) is 3.02. The van der Waals surface area contributed by atoms with Gasteiger partial charge in [0.25, 0.3) is 0 Å². The van der Waals surface area contributed by atoms with Crippen LogP contribution < -0.4 is 4.42 Å². The zero-order valence-electron chi connectivity index (χ0n) is 7.54. The van der Waals surface area contributed by atoms with Gasteiger partial charge in [0.1, 0.15) is 0 Å². The van der Waals surface area contributed by atoms with Crippen LogP contribution in [0.1, 0.15) is 12.5 Å². The summed E-state index contributed by atoms with van der Waals surface area (Å²) in [7, 11) is -1.23. The Kier molecular flexibility index (Phi) is 2.73. The molecule has 1 aliphatic rings. The molecular formula is C9H9Cl2NOS. The van der Waals surface area contributed by atoms with E-state index in [0.29, 0.717) is 0 Å². The zero-order valence-corrected chi connectivity index (χ0v) is 9.86. The van der Waals surface area contributed by atoms with Gasteiger partial charge in [-0.2, -0.15) is 0 Å². The van der Waals surface area contributed by atoms with Gasteiger partial charge < -0.3 is 0 Å². The van der Waals surface area contributed by atoms with Crippen molar-refractivity contribution in [3.63, 3.8) is 0 Å². The van der Waals surface area contributed by atoms with Crippen LogP contribution in [0.15, 0.2) is 23.1 Å². The lowest BCUT2D eigenvalue weighted by molar-refractivity contribution is 0.684. The Hall–Kier alpha value is -0.250. The Morgan fingerprint density at radius 2 is 2.29 bits per heavy atom. The Bertz CT molecular complexity index is 396. The van der Waals surface area contributed by atoms with E-state index in [1.54, 1.807) is 0 Å². The molecule has 76 valence electrons. The number of fused-ring (bicyclic) bond motifs is 1. The van der Waals surface area contributed by atoms with Gasteiger partial charge in [-0.25, -0.2) is 0 Å². The first-order valence-corrected chi connectivity index (χ1v) is 6.27. The molecule has 1 aromatic carbocycles. The molecule has 0 aromatic heterocycles. The molecule has 0 spiro atoms. The summed E-state index contributed by atoms with van der Waals surface area (Å²) in [6, 6.07) is 5.66. The van der Waals surface area contributed by atoms with Crippen molar-refractivity contribution in [1.29, 1.82) is 0 Å². The highest BCUT2D eigenvalue weighted by Gasteiger charge is 2.35. The second kappa shape index (κ2) is 3.72. The standard InChI is InChI=1S/C9H9Cl2NOS/c1-2-6-4-3-5-7-8(6)12(11)9(10)14(7)13/h3-5,9H,2H2,1H3. The van der Waals surface area contributed by atoms with E-state index >= 15 is 0 Å². The first-order chi connectivity index (χ1) is 6.66. The third-order valence-electron chi connectivity index (χ3n) is 2.25. The fraction of sp³-hybridized carbons (Fsp3) is 0.333. The number of hydrogen-bond donors (Lipinski definition) is 0. The predicted octanol–water partition coefficient (Wildman–Crippen LogP) is 2.85. The van der Waals surface area contributed by atoms with E-state index < -0.39 is 15.6 Å². The first kappa shape index (κ1) is 10.3. The first-order valence-electron chi connectivity index (χ1n) is 4.28. The number of nitrogens with zero attached hydrogens (tertiary/aromatic N) is 1. The summed E-state index contributed by atoms with van der Waals surface area (Å²) in [5.41, 5.74) is 1.89. The molecule has 1 heterocycles. The number of alkyl halides is 1. The van der Waals surface area contributed by atoms with Crippen molar-refractivity contribution in [2.75, 3.05) is 4.42 Å². The van der Waals surface area contributed by atoms with Crippen LogP contribution in [-0.2, 0) is 17.2 Å². The molecule has 0 bridgehead atoms. The Morgan fingerprint density at radius 3 is 2.93 bits per heavy atom. The number of aryl methyl sites for hydroxylation is 1. The summed E-state index contributed by atoms with van der Waals surface area (Å²) < 4.78 is 13.1. The van der Waals surface area contributed by atoms with Gasteiger partial charge in [0, 0.05) is 11.8 Å². The Morgan fingerprint density at radius 1 is 1.57 bits per heavy atom. The van der Waals surface area contributed by atoms with Crippen LogP contribution in [0.4, 0.5) is 5.69 Å². The maximum absolute atomic E-state index is 11.7. The van der Waals surface area contributed by atoms with Crippen molar-refractivity contribution < 1.29 is 4.21 Å². The normalized spacial score (nSPS) is 25.2. The average Bonchev–Trinajstić information content (AvgIpc) is 2.44. The molecule has 1 aliphatic heterocycles. The highest BCUT2D eigenvalue weighted by atomic mass is 35.5. The number of benzene rings is 1. The summed E-state index contributed by atoms with van der Waals surface area (Å²) in [6.07, 6.45) is 0.854. The van der Waals surface area contributed by atoms with Gasteiger partial charge in [-0.15, -0.1) is 0 Å². The predicted molar refractivity (Wildman–Crippen MR) is 60.2 cm³/mol. The number of hydrogen-bond acceptors (Lipinski definition) is 2. The van der Waals surface area contributed by atoms with Gasteiger partial charge in [0.05, 0.1) is 21.4 Å². The van der Waals surface area contributed by atoms with Gasteiger partial charge >= 0.3 is 0 Å². The number of para-hydroxylation sites is 1. The van der Waals surface area contributed by atoms with Gasteiger partial charge in [0.15, 0.2) is 4.83 Å². The molecule has 0 saturated heterocycles. The van der Waals surface area contributed by atoms with Crippen molar-refractivity contribution in [1.82, 2.24) is 0 Å². The van der Waals surface area contributed by atoms with E-state index in [4.69, 9.17) is 23.4 Å². The van der Waals surface area contributed by atoms with Crippen LogP contribution in [0.5, 0.6) is 0 Å². The molecule has 5 heteroatoms. The summed E-state index contributed by atoms with van der Waals surface area (Å²) in [5.74, 6) is 0. The number of halogens is 2. The molecule has 1 aromatic rings. The summed E-state index contributed by atoms with van der Waals surface area (Å²) in [6.45, 7) is 2.03. The molecule has 0 amide bonds. The molecule has 0 aliphatic carbocycles. The van der Waals surface area contributed by atoms with Crippen LogP contribution in [0.25, 0.3) is 0 Å². The van der Waals surface area contributed by atoms with Crippen LogP contribution >= 0.6 is 23.4 Å². The average molecular weight is 250 g/mol. The van der Waals surface area contributed by atoms with Crippen LogP contribution in [0.3, 0.4) is 0 Å². The summed E-state index contributed by atoms with van der Waals surface area (Å²) in [4.78, 5) is 0.0821. The lowest BCUT2D eigenvalue weighted by Gasteiger charge is -2.13. The minimum absolute atomic E-state index is 0.653. The SMILES string of the molecule is CCc1cccc2c1N(Cl)C(Cl)S2=O. The van der Waals surface area contributed by atoms with Gasteiger partial charge in [0.2, 0.25) is 0 Å². The highest BCUT2D eigenvalue weighted by Crippen LogP contribution is 2.41. The van der Waals surface area contributed by atoms with Crippen LogP contribution in [0, 0.1) is 0 Å². The van der Waals surface area contributed by atoms with Crippen molar-refractivity contribution in [2.45, 2.75) is 23.1 Å². The van der Waals surface area contributed by atoms with Gasteiger partial charge in [-0.1, -0.05) is 30.7 Å². The van der Waals surface area contributed by atoms with Crippen LogP contribution in [0.2, 0.25) is 0 Å². The Labute approximate surface area is 95.4 Å². The minimum Gasteiger partial charge on any atom is -0.253 e. The molecule has 2 rings (SSSR count). The van der Waals surface area contributed by atoms with Crippen molar-refractivity contribution in [2.24, 2.45) is 0 Å². The number of rotatable bonds is 1. The molecule has 2 atom stereocenters. The maximum atomic E-state index is 11.7. The van der Waals surface area contributed by atoms with E-state index in [2.05, 4.69) is 0 Å². The minimum atomic E-state index is -1.23. The molecular weight excluding hydrogens is 241 g/mol. The zero-order chi connectivity index (χ0) is 10.3. The number of anilines is 1. The largest absolute Gasteiger partial charge is 0.253 e. The quantitative estimate of drug-likeness (QED) is 0.434. The molecule has 2 unspecified atom stereocenters. The molecule has 0 N–H and O–H groups in total.